The van der Waals surface area contributed by atoms with Gasteiger partial charge in [-0.3, -0.25) is 0 Å². The lowest BCUT2D eigenvalue weighted by atomic mass is 9.78. The number of anilines is 1. The molecule has 0 aromatic heterocycles. The minimum Gasteiger partial charge on any atom is -0.382 e. The quantitative estimate of drug-likeness (QED) is 0.758. The van der Waals surface area contributed by atoms with Crippen LogP contribution in [-0.2, 0) is 0 Å². The Kier molecular flexibility index (Phi) is 4.34. The lowest BCUT2D eigenvalue weighted by Gasteiger charge is -2.35. The Balaban J connectivity index is 2.11. The van der Waals surface area contributed by atoms with Crippen molar-refractivity contribution in [2.75, 3.05) is 5.32 Å². The van der Waals surface area contributed by atoms with Gasteiger partial charge in [-0.05, 0) is 65.5 Å². The van der Waals surface area contributed by atoms with E-state index in [1.165, 1.54) is 34.1 Å². The van der Waals surface area contributed by atoms with Crippen molar-refractivity contribution in [3.8, 4) is 0 Å². The molecule has 1 aliphatic rings. The predicted molar refractivity (Wildman–Crippen MR) is 83.5 cm³/mol. The third-order valence-corrected chi connectivity index (χ3v) is 4.92. The van der Waals surface area contributed by atoms with Crippen LogP contribution < -0.4 is 5.32 Å². The van der Waals surface area contributed by atoms with Gasteiger partial charge < -0.3 is 5.32 Å². The Morgan fingerprint density at radius 1 is 1.24 bits per heavy atom. The van der Waals surface area contributed by atoms with Gasteiger partial charge in [-0.2, -0.15) is 0 Å². The SMILES string of the molecule is Cc1ccc(I)cc1NC1CCCC(C)C1C. The maximum atomic E-state index is 3.77. The topological polar surface area (TPSA) is 12.0 Å². The summed E-state index contributed by atoms with van der Waals surface area (Å²) >= 11 is 2.39. The van der Waals surface area contributed by atoms with E-state index >= 15 is 0 Å². The van der Waals surface area contributed by atoms with E-state index < -0.39 is 0 Å². The van der Waals surface area contributed by atoms with Crippen molar-refractivity contribution in [2.24, 2.45) is 11.8 Å². The molecule has 1 aromatic carbocycles. The standard InChI is InChI=1S/C15H22IN/c1-10-5-4-6-14(12(10)3)17-15-9-13(16)8-7-11(15)2/h7-10,12,14,17H,4-6H2,1-3H3. The molecule has 0 heterocycles. The van der Waals surface area contributed by atoms with Crippen molar-refractivity contribution in [3.05, 3.63) is 27.3 Å². The molecule has 2 rings (SSSR count). The molecule has 0 aliphatic heterocycles. The summed E-state index contributed by atoms with van der Waals surface area (Å²) in [5.41, 5.74) is 2.68. The van der Waals surface area contributed by atoms with Crippen LogP contribution >= 0.6 is 22.6 Å². The fraction of sp³-hybridized carbons (Fsp3) is 0.600. The van der Waals surface area contributed by atoms with Crippen LogP contribution in [0.3, 0.4) is 0 Å². The molecule has 1 aliphatic carbocycles. The molecule has 17 heavy (non-hydrogen) atoms. The van der Waals surface area contributed by atoms with Gasteiger partial charge >= 0.3 is 0 Å². The Morgan fingerprint density at radius 3 is 2.76 bits per heavy atom. The number of hydrogen-bond acceptors (Lipinski definition) is 1. The van der Waals surface area contributed by atoms with Crippen molar-refractivity contribution < 1.29 is 0 Å². The Bertz CT molecular complexity index is 389. The number of halogens is 1. The van der Waals surface area contributed by atoms with Crippen molar-refractivity contribution in [3.63, 3.8) is 0 Å². The van der Waals surface area contributed by atoms with Gasteiger partial charge in [0.05, 0.1) is 0 Å². The summed E-state index contributed by atoms with van der Waals surface area (Å²) in [5.74, 6) is 1.63. The van der Waals surface area contributed by atoms with Crippen LogP contribution in [0.15, 0.2) is 18.2 Å². The second-order valence-corrected chi connectivity index (χ2v) is 6.72. The predicted octanol–water partition coefficient (Wildman–Crippen LogP) is 4.84. The normalized spacial score (nSPS) is 29.1. The van der Waals surface area contributed by atoms with Crippen LogP contribution in [0.2, 0.25) is 0 Å². The summed E-state index contributed by atoms with van der Waals surface area (Å²) in [4.78, 5) is 0. The van der Waals surface area contributed by atoms with Crippen LogP contribution in [0.1, 0.15) is 38.7 Å². The van der Waals surface area contributed by atoms with E-state index in [1.54, 1.807) is 0 Å². The van der Waals surface area contributed by atoms with Gasteiger partial charge in [0, 0.05) is 15.3 Å². The molecule has 3 atom stereocenters. The van der Waals surface area contributed by atoms with Crippen LogP contribution in [0.5, 0.6) is 0 Å². The molecule has 0 spiro atoms. The summed E-state index contributed by atoms with van der Waals surface area (Å²) in [6.45, 7) is 6.97. The minimum atomic E-state index is 0.649. The second kappa shape index (κ2) is 5.59. The van der Waals surface area contributed by atoms with E-state index in [2.05, 4.69) is 66.9 Å². The largest absolute Gasteiger partial charge is 0.382 e. The number of benzene rings is 1. The maximum absolute atomic E-state index is 3.77. The first-order valence-corrected chi connectivity index (χ1v) is 7.68. The minimum absolute atomic E-state index is 0.649. The van der Waals surface area contributed by atoms with Crippen LogP contribution in [0.4, 0.5) is 5.69 Å². The number of hydrogen-bond donors (Lipinski definition) is 1. The van der Waals surface area contributed by atoms with Gasteiger partial charge in [-0.1, -0.05) is 32.8 Å². The molecule has 0 saturated heterocycles. The highest BCUT2D eigenvalue weighted by Gasteiger charge is 2.27. The molecule has 1 nitrogen and oxygen atoms in total. The average molecular weight is 343 g/mol. The molecule has 1 saturated carbocycles. The fourth-order valence-electron chi connectivity index (χ4n) is 2.74. The molecule has 0 amide bonds. The molecule has 2 heteroatoms. The lowest BCUT2D eigenvalue weighted by molar-refractivity contribution is 0.253. The highest BCUT2D eigenvalue weighted by Crippen LogP contribution is 2.32. The zero-order valence-corrected chi connectivity index (χ0v) is 13.1. The van der Waals surface area contributed by atoms with Crippen LogP contribution in [0.25, 0.3) is 0 Å². The van der Waals surface area contributed by atoms with E-state index in [9.17, 15) is 0 Å². The molecular formula is C15H22IN. The number of rotatable bonds is 2. The van der Waals surface area contributed by atoms with Crippen LogP contribution in [-0.4, -0.2) is 6.04 Å². The molecule has 3 unspecified atom stereocenters. The summed E-state index contributed by atoms with van der Waals surface area (Å²) in [5, 5.41) is 3.77. The fourth-order valence-corrected chi connectivity index (χ4v) is 3.23. The van der Waals surface area contributed by atoms with E-state index in [-0.39, 0.29) is 0 Å². The molecule has 0 bridgehead atoms. The molecule has 94 valence electrons. The zero-order chi connectivity index (χ0) is 12.4. The van der Waals surface area contributed by atoms with Crippen LogP contribution in [0, 0.1) is 22.3 Å². The van der Waals surface area contributed by atoms with Gasteiger partial charge in [-0.15, -0.1) is 0 Å². The zero-order valence-electron chi connectivity index (χ0n) is 11.0. The van der Waals surface area contributed by atoms with Gasteiger partial charge in [0.15, 0.2) is 0 Å². The Morgan fingerprint density at radius 2 is 2.00 bits per heavy atom. The van der Waals surface area contributed by atoms with Gasteiger partial charge in [0.1, 0.15) is 0 Å². The molecular weight excluding hydrogens is 321 g/mol. The van der Waals surface area contributed by atoms with E-state index in [0.717, 1.165) is 11.8 Å². The summed E-state index contributed by atoms with van der Waals surface area (Å²) in [6, 6.07) is 7.30. The maximum Gasteiger partial charge on any atom is 0.0382 e. The Hall–Kier alpha value is -0.250. The Labute approximate surface area is 119 Å². The van der Waals surface area contributed by atoms with E-state index in [0.29, 0.717) is 6.04 Å². The first kappa shape index (κ1) is 13.2. The van der Waals surface area contributed by atoms with E-state index in [4.69, 9.17) is 0 Å². The molecule has 1 aromatic rings. The molecule has 0 radical (unpaired) electrons. The first-order chi connectivity index (χ1) is 8.08. The first-order valence-electron chi connectivity index (χ1n) is 6.60. The monoisotopic (exact) mass is 343 g/mol. The smallest absolute Gasteiger partial charge is 0.0382 e. The van der Waals surface area contributed by atoms with Crippen molar-refractivity contribution in [1.29, 1.82) is 0 Å². The third-order valence-electron chi connectivity index (χ3n) is 4.25. The number of nitrogens with one attached hydrogen (secondary N) is 1. The van der Waals surface area contributed by atoms with Gasteiger partial charge in [0.2, 0.25) is 0 Å². The molecule has 1 fully saturated rings. The van der Waals surface area contributed by atoms with Gasteiger partial charge in [0.25, 0.3) is 0 Å². The van der Waals surface area contributed by atoms with Crippen molar-refractivity contribution >= 4 is 28.3 Å². The van der Waals surface area contributed by atoms with E-state index in [1.807, 2.05) is 0 Å². The summed E-state index contributed by atoms with van der Waals surface area (Å²) < 4.78 is 1.31. The highest BCUT2D eigenvalue weighted by molar-refractivity contribution is 14.1. The van der Waals surface area contributed by atoms with Crippen molar-refractivity contribution in [2.45, 2.75) is 46.1 Å². The lowest BCUT2D eigenvalue weighted by Crippen LogP contribution is -2.35. The van der Waals surface area contributed by atoms with Crippen molar-refractivity contribution in [1.82, 2.24) is 0 Å². The summed E-state index contributed by atoms with van der Waals surface area (Å²) in [6.07, 6.45) is 4.08. The highest BCUT2D eigenvalue weighted by atomic mass is 127. The second-order valence-electron chi connectivity index (χ2n) is 5.48. The number of aryl methyl sites for hydroxylation is 1. The summed E-state index contributed by atoms with van der Waals surface area (Å²) in [7, 11) is 0. The third kappa shape index (κ3) is 3.15. The molecule has 1 N–H and O–H groups in total. The van der Waals surface area contributed by atoms with Gasteiger partial charge in [-0.25, -0.2) is 0 Å². The average Bonchev–Trinajstić information content (AvgIpc) is 2.30.